The van der Waals surface area contributed by atoms with Gasteiger partial charge in [-0.15, -0.1) is 0 Å². The van der Waals surface area contributed by atoms with Gasteiger partial charge in [-0.05, 0) is 29.8 Å². The first-order chi connectivity index (χ1) is 12.5. The number of piperazine rings is 1. The highest BCUT2D eigenvalue weighted by molar-refractivity contribution is 5.94. The molecule has 3 rings (SSSR count). The largest absolute Gasteiger partial charge is 0.478 e. The molecule has 1 aliphatic rings. The fourth-order valence-electron chi connectivity index (χ4n) is 2.98. The minimum atomic E-state index is -0.968. The Bertz CT molecular complexity index is 796. The third kappa shape index (κ3) is 3.88. The molecule has 7 heteroatoms. The molecule has 0 bridgehead atoms. The molecule has 0 aliphatic carbocycles. The van der Waals surface area contributed by atoms with Crippen molar-refractivity contribution in [3.05, 3.63) is 70.8 Å². The van der Waals surface area contributed by atoms with Gasteiger partial charge in [0, 0.05) is 32.7 Å². The first-order valence-corrected chi connectivity index (χ1v) is 8.23. The highest BCUT2D eigenvalue weighted by Gasteiger charge is 2.26. The summed E-state index contributed by atoms with van der Waals surface area (Å²) < 4.78 is 27.5. The van der Waals surface area contributed by atoms with Gasteiger partial charge in [-0.3, -0.25) is 9.69 Å². The number of carboxylic acids is 1. The van der Waals surface area contributed by atoms with Crippen molar-refractivity contribution in [2.45, 2.75) is 6.54 Å². The van der Waals surface area contributed by atoms with Crippen molar-refractivity contribution < 1.29 is 23.5 Å². The Labute approximate surface area is 149 Å². The number of halogens is 2. The Morgan fingerprint density at radius 3 is 2.04 bits per heavy atom. The first-order valence-electron chi connectivity index (χ1n) is 8.23. The van der Waals surface area contributed by atoms with E-state index in [1.165, 1.54) is 11.0 Å². The van der Waals surface area contributed by atoms with Crippen LogP contribution in [-0.2, 0) is 6.54 Å². The SMILES string of the molecule is O=C(O)c1ccc(CN2CCN(C(=O)c3c(F)cccc3F)CC2)cc1. The van der Waals surface area contributed by atoms with Crippen LogP contribution in [0.4, 0.5) is 8.78 Å². The molecule has 0 spiro atoms. The number of rotatable bonds is 4. The Morgan fingerprint density at radius 1 is 0.923 bits per heavy atom. The van der Waals surface area contributed by atoms with Gasteiger partial charge in [0.05, 0.1) is 5.56 Å². The summed E-state index contributed by atoms with van der Waals surface area (Å²) in [7, 11) is 0. The van der Waals surface area contributed by atoms with E-state index in [-0.39, 0.29) is 5.56 Å². The Morgan fingerprint density at radius 2 is 1.50 bits per heavy atom. The highest BCUT2D eigenvalue weighted by atomic mass is 19.1. The fourth-order valence-corrected chi connectivity index (χ4v) is 2.98. The van der Waals surface area contributed by atoms with Crippen LogP contribution in [-0.4, -0.2) is 53.0 Å². The van der Waals surface area contributed by atoms with Crippen LogP contribution in [0.15, 0.2) is 42.5 Å². The average molecular weight is 360 g/mol. The summed E-state index contributed by atoms with van der Waals surface area (Å²) in [4.78, 5) is 26.8. The molecule has 0 unspecified atom stereocenters. The van der Waals surface area contributed by atoms with Crippen molar-refractivity contribution in [3.8, 4) is 0 Å². The van der Waals surface area contributed by atoms with Crippen molar-refractivity contribution in [1.82, 2.24) is 9.80 Å². The normalized spacial score (nSPS) is 15.1. The zero-order valence-electron chi connectivity index (χ0n) is 14.0. The molecule has 0 radical (unpaired) electrons. The molecule has 1 heterocycles. The molecule has 136 valence electrons. The number of carbonyl (C=O) groups is 2. The van der Waals surface area contributed by atoms with Crippen LogP contribution in [0.25, 0.3) is 0 Å². The van der Waals surface area contributed by atoms with Gasteiger partial charge in [-0.1, -0.05) is 18.2 Å². The van der Waals surface area contributed by atoms with Gasteiger partial charge in [-0.25, -0.2) is 13.6 Å². The lowest BCUT2D eigenvalue weighted by molar-refractivity contribution is 0.0618. The zero-order valence-corrected chi connectivity index (χ0v) is 14.0. The Kier molecular flexibility index (Phi) is 5.27. The van der Waals surface area contributed by atoms with Crippen LogP contribution in [0.2, 0.25) is 0 Å². The highest BCUT2D eigenvalue weighted by Crippen LogP contribution is 2.17. The lowest BCUT2D eigenvalue weighted by Crippen LogP contribution is -2.48. The van der Waals surface area contributed by atoms with Gasteiger partial charge in [-0.2, -0.15) is 0 Å². The monoisotopic (exact) mass is 360 g/mol. The van der Waals surface area contributed by atoms with Gasteiger partial charge in [0.25, 0.3) is 5.91 Å². The molecule has 2 aromatic rings. The lowest BCUT2D eigenvalue weighted by atomic mass is 10.1. The minimum Gasteiger partial charge on any atom is -0.478 e. The maximum atomic E-state index is 13.8. The maximum absolute atomic E-state index is 13.8. The Balaban J connectivity index is 1.59. The summed E-state index contributed by atoms with van der Waals surface area (Å²) in [5.41, 5.74) is 0.691. The second kappa shape index (κ2) is 7.61. The molecule has 1 N–H and O–H groups in total. The van der Waals surface area contributed by atoms with Gasteiger partial charge >= 0.3 is 5.97 Å². The molecule has 1 aliphatic heterocycles. The molecule has 1 amide bonds. The summed E-state index contributed by atoms with van der Waals surface area (Å²) in [6.45, 7) is 2.51. The smallest absolute Gasteiger partial charge is 0.335 e. The second-order valence-corrected chi connectivity index (χ2v) is 6.17. The average Bonchev–Trinajstić information content (AvgIpc) is 2.62. The van der Waals surface area contributed by atoms with Crippen LogP contribution in [0, 0.1) is 11.6 Å². The van der Waals surface area contributed by atoms with E-state index in [4.69, 9.17) is 5.11 Å². The molecule has 0 atom stereocenters. The van der Waals surface area contributed by atoms with Crippen molar-refractivity contribution >= 4 is 11.9 Å². The van der Waals surface area contributed by atoms with Gasteiger partial charge in [0.1, 0.15) is 17.2 Å². The fraction of sp³-hybridized carbons (Fsp3) is 0.263. The molecule has 0 saturated carbocycles. The molecule has 2 aromatic carbocycles. The number of aromatic carboxylic acids is 1. The molecule has 1 saturated heterocycles. The van der Waals surface area contributed by atoms with E-state index in [9.17, 15) is 18.4 Å². The van der Waals surface area contributed by atoms with Crippen LogP contribution >= 0.6 is 0 Å². The standard InChI is InChI=1S/C19H18F2N2O3/c20-15-2-1-3-16(21)17(15)18(24)23-10-8-22(9-11-23)12-13-4-6-14(7-5-13)19(25)26/h1-7H,8-12H2,(H,25,26). The van der Waals surface area contributed by atoms with E-state index >= 15 is 0 Å². The van der Waals surface area contributed by atoms with E-state index in [1.807, 2.05) is 0 Å². The summed E-state index contributed by atoms with van der Waals surface area (Å²) in [5.74, 6) is -3.30. The quantitative estimate of drug-likeness (QED) is 0.911. The number of nitrogens with zero attached hydrogens (tertiary/aromatic N) is 2. The molecule has 5 nitrogen and oxygen atoms in total. The van der Waals surface area contributed by atoms with Crippen LogP contribution in [0.5, 0.6) is 0 Å². The van der Waals surface area contributed by atoms with E-state index in [1.54, 1.807) is 24.3 Å². The van der Waals surface area contributed by atoms with Gasteiger partial charge in [0.2, 0.25) is 0 Å². The first kappa shape index (κ1) is 18.0. The molecular weight excluding hydrogens is 342 g/mol. The number of hydrogen-bond donors (Lipinski definition) is 1. The molecular formula is C19H18F2N2O3. The summed E-state index contributed by atoms with van der Waals surface area (Å²) in [6, 6.07) is 10.0. The van der Waals surface area contributed by atoms with Crippen molar-refractivity contribution in [1.29, 1.82) is 0 Å². The predicted octanol–water partition coefficient (Wildman–Crippen LogP) is 2.62. The predicted molar refractivity (Wildman–Crippen MR) is 90.9 cm³/mol. The summed E-state index contributed by atoms with van der Waals surface area (Å²) in [5, 5.41) is 8.91. The van der Waals surface area contributed by atoms with Crippen molar-refractivity contribution in [3.63, 3.8) is 0 Å². The maximum Gasteiger partial charge on any atom is 0.335 e. The van der Waals surface area contributed by atoms with Crippen LogP contribution < -0.4 is 0 Å². The third-order valence-corrected chi connectivity index (χ3v) is 4.44. The van der Waals surface area contributed by atoms with Crippen molar-refractivity contribution in [2.24, 2.45) is 0 Å². The molecule has 26 heavy (non-hydrogen) atoms. The summed E-state index contributed by atoms with van der Waals surface area (Å²) in [6.07, 6.45) is 0. The summed E-state index contributed by atoms with van der Waals surface area (Å²) >= 11 is 0. The van der Waals surface area contributed by atoms with Crippen LogP contribution in [0.1, 0.15) is 26.3 Å². The van der Waals surface area contributed by atoms with E-state index in [2.05, 4.69) is 4.90 Å². The van der Waals surface area contributed by atoms with E-state index in [0.29, 0.717) is 32.7 Å². The van der Waals surface area contributed by atoms with E-state index < -0.39 is 29.1 Å². The lowest BCUT2D eigenvalue weighted by Gasteiger charge is -2.34. The van der Waals surface area contributed by atoms with Gasteiger partial charge in [0.15, 0.2) is 0 Å². The number of amides is 1. The number of carbonyl (C=O) groups excluding carboxylic acids is 1. The van der Waals surface area contributed by atoms with Gasteiger partial charge < -0.3 is 10.0 Å². The molecule has 0 aromatic heterocycles. The topological polar surface area (TPSA) is 60.9 Å². The van der Waals surface area contributed by atoms with Crippen molar-refractivity contribution in [2.75, 3.05) is 26.2 Å². The number of benzene rings is 2. The van der Waals surface area contributed by atoms with Crippen LogP contribution in [0.3, 0.4) is 0 Å². The number of carboxylic acid groups (broad SMARTS) is 1. The zero-order chi connectivity index (χ0) is 18.7. The minimum absolute atomic E-state index is 0.232. The number of hydrogen-bond acceptors (Lipinski definition) is 3. The molecule has 1 fully saturated rings. The third-order valence-electron chi connectivity index (χ3n) is 4.44. The Hall–Kier alpha value is -2.80. The second-order valence-electron chi connectivity index (χ2n) is 6.17. The van der Waals surface area contributed by atoms with E-state index in [0.717, 1.165) is 17.7 Å².